The van der Waals surface area contributed by atoms with Crippen molar-refractivity contribution in [1.82, 2.24) is 9.97 Å². The molecule has 3 rings (SSSR count). The summed E-state index contributed by atoms with van der Waals surface area (Å²) in [4.78, 5) is 19.8. The van der Waals surface area contributed by atoms with Crippen molar-refractivity contribution in [2.45, 2.75) is 6.92 Å². The second-order valence-corrected chi connectivity index (χ2v) is 6.03. The van der Waals surface area contributed by atoms with Gasteiger partial charge in [0.15, 0.2) is 5.82 Å². The summed E-state index contributed by atoms with van der Waals surface area (Å²) in [6.07, 6.45) is 1.21. The van der Waals surface area contributed by atoms with E-state index in [-0.39, 0.29) is 11.4 Å². The minimum Gasteiger partial charge on any atom is -0.477 e. The summed E-state index contributed by atoms with van der Waals surface area (Å²) in [5, 5.41) is 10.3. The minimum atomic E-state index is -1.19. The smallest absolute Gasteiger partial charge is 0.342 e. The molecule has 2 aromatic carbocycles. The molecule has 0 fully saturated rings. The monoisotopic (exact) mass is 374 g/mol. The zero-order valence-electron chi connectivity index (χ0n) is 13.0. The summed E-state index contributed by atoms with van der Waals surface area (Å²) in [7, 11) is 0. The summed E-state index contributed by atoms with van der Waals surface area (Å²) in [5.74, 6) is -0.644. The molecule has 5 nitrogen and oxygen atoms in total. The molecule has 0 aliphatic carbocycles. The number of hydrogen-bond acceptors (Lipinski definition) is 4. The van der Waals surface area contributed by atoms with Crippen molar-refractivity contribution >= 4 is 29.2 Å². The number of rotatable bonds is 4. The van der Waals surface area contributed by atoms with Crippen molar-refractivity contribution in [1.29, 1.82) is 0 Å². The molecule has 0 saturated carbocycles. The number of nitrogens with zero attached hydrogens (tertiary/aromatic N) is 2. The number of halogens is 2. The predicted molar refractivity (Wildman–Crippen MR) is 95.7 cm³/mol. The number of carboxylic acids is 1. The summed E-state index contributed by atoms with van der Waals surface area (Å²) >= 11 is 12.1. The zero-order chi connectivity index (χ0) is 18.0. The van der Waals surface area contributed by atoms with Crippen LogP contribution in [0.3, 0.4) is 0 Å². The fraction of sp³-hybridized carbons (Fsp3) is 0.0556. The molecule has 7 heteroatoms. The van der Waals surface area contributed by atoms with E-state index in [9.17, 15) is 9.90 Å². The second kappa shape index (κ2) is 7.09. The number of aromatic carboxylic acids is 1. The largest absolute Gasteiger partial charge is 0.477 e. The van der Waals surface area contributed by atoms with E-state index in [0.717, 1.165) is 5.56 Å². The Morgan fingerprint density at radius 2 is 1.88 bits per heavy atom. The van der Waals surface area contributed by atoms with E-state index < -0.39 is 5.97 Å². The van der Waals surface area contributed by atoms with E-state index in [1.807, 2.05) is 13.0 Å². The number of para-hydroxylation sites is 1. The van der Waals surface area contributed by atoms with Crippen LogP contribution in [-0.2, 0) is 0 Å². The summed E-state index contributed by atoms with van der Waals surface area (Å²) in [6, 6.07) is 12.0. The number of carboxylic acid groups (broad SMARTS) is 1. The second-order valence-electron chi connectivity index (χ2n) is 5.21. The van der Waals surface area contributed by atoms with Gasteiger partial charge in [-0.1, -0.05) is 35.3 Å². The first-order valence-electron chi connectivity index (χ1n) is 7.25. The maximum absolute atomic E-state index is 11.4. The van der Waals surface area contributed by atoms with Crippen molar-refractivity contribution in [3.05, 3.63) is 69.8 Å². The number of benzene rings is 2. The Kier molecular flexibility index (Phi) is 4.88. The van der Waals surface area contributed by atoms with E-state index in [1.165, 1.54) is 6.20 Å². The van der Waals surface area contributed by atoms with E-state index in [1.54, 1.807) is 36.4 Å². The molecule has 0 atom stereocenters. The molecule has 0 bridgehead atoms. The van der Waals surface area contributed by atoms with Crippen LogP contribution in [0.1, 0.15) is 15.9 Å². The molecular weight excluding hydrogens is 363 g/mol. The Hall–Kier alpha value is -2.63. The highest BCUT2D eigenvalue weighted by Gasteiger charge is 2.18. The molecule has 25 heavy (non-hydrogen) atoms. The molecule has 0 saturated heterocycles. The van der Waals surface area contributed by atoms with Crippen LogP contribution in [0.4, 0.5) is 0 Å². The Morgan fingerprint density at radius 3 is 2.56 bits per heavy atom. The predicted octanol–water partition coefficient (Wildman–Crippen LogP) is 5.25. The average molecular weight is 375 g/mol. The van der Waals surface area contributed by atoms with Gasteiger partial charge in [-0.3, -0.25) is 0 Å². The third-order valence-electron chi connectivity index (χ3n) is 3.44. The van der Waals surface area contributed by atoms with Crippen molar-refractivity contribution < 1.29 is 14.6 Å². The number of ether oxygens (including phenoxy) is 1. The van der Waals surface area contributed by atoms with Gasteiger partial charge in [0, 0.05) is 16.8 Å². The molecule has 0 radical (unpaired) electrons. The van der Waals surface area contributed by atoms with Crippen molar-refractivity contribution in [2.24, 2.45) is 0 Å². The Balaban J connectivity index is 2.07. The molecule has 1 N–H and O–H groups in total. The highest BCUT2D eigenvalue weighted by molar-refractivity contribution is 6.32. The number of hydrogen-bond donors (Lipinski definition) is 1. The molecule has 126 valence electrons. The van der Waals surface area contributed by atoms with Crippen LogP contribution >= 0.6 is 23.2 Å². The highest BCUT2D eigenvalue weighted by Crippen LogP contribution is 2.31. The van der Waals surface area contributed by atoms with Gasteiger partial charge in [0.2, 0.25) is 5.88 Å². The van der Waals surface area contributed by atoms with E-state index in [2.05, 4.69) is 9.97 Å². The Labute approximate surface area is 153 Å². The molecule has 0 aliphatic heterocycles. The third kappa shape index (κ3) is 3.73. The standard InChI is InChI=1S/C18H12Cl2N2O3/c1-10-8-11(6-7-13(10)19)16-21-9-12(18(23)24)17(22-16)25-15-5-3-2-4-14(15)20/h2-9H,1H3,(H,23,24). The molecule has 3 aromatic rings. The lowest BCUT2D eigenvalue weighted by atomic mass is 10.1. The van der Waals surface area contributed by atoms with E-state index in [4.69, 9.17) is 27.9 Å². The van der Waals surface area contributed by atoms with Gasteiger partial charge in [0.05, 0.1) is 5.02 Å². The van der Waals surface area contributed by atoms with Crippen LogP contribution < -0.4 is 4.74 Å². The normalized spacial score (nSPS) is 10.5. The van der Waals surface area contributed by atoms with Gasteiger partial charge < -0.3 is 9.84 Å². The zero-order valence-corrected chi connectivity index (χ0v) is 14.5. The molecular formula is C18H12Cl2N2O3. The van der Waals surface area contributed by atoms with Gasteiger partial charge in [0.1, 0.15) is 11.3 Å². The maximum Gasteiger partial charge on any atom is 0.342 e. The lowest BCUT2D eigenvalue weighted by molar-refractivity contribution is 0.0693. The number of aryl methyl sites for hydroxylation is 1. The van der Waals surface area contributed by atoms with Crippen LogP contribution in [0.15, 0.2) is 48.7 Å². The van der Waals surface area contributed by atoms with Crippen LogP contribution in [0, 0.1) is 6.92 Å². The van der Waals surface area contributed by atoms with Crippen molar-refractivity contribution in [3.8, 4) is 23.0 Å². The van der Waals surface area contributed by atoms with Gasteiger partial charge in [-0.2, -0.15) is 4.98 Å². The van der Waals surface area contributed by atoms with Crippen LogP contribution in [0.2, 0.25) is 10.0 Å². The summed E-state index contributed by atoms with van der Waals surface area (Å²) in [6.45, 7) is 1.86. The number of carbonyl (C=O) groups is 1. The van der Waals surface area contributed by atoms with Gasteiger partial charge in [-0.25, -0.2) is 9.78 Å². The third-order valence-corrected chi connectivity index (χ3v) is 4.18. The molecule has 1 heterocycles. The van der Waals surface area contributed by atoms with Crippen LogP contribution in [0.5, 0.6) is 11.6 Å². The molecule has 0 unspecified atom stereocenters. The minimum absolute atomic E-state index is 0.0850. The number of aromatic nitrogens is 2. The molecule has 0 spiro atoms. The SMILES string of the molecule is Cc1cc(-c2ncc(C(=O)O)c(Oc3ccccc3Cl)n2)ccc1Cl. The highest BCUT2D eigenvalue weighted by atomic mass is 35.5. The van der Waals surface area contributed by atoms with Gasteiger partial charge in [-0.15, -0.1) is 0 Å². The van der Waals surface area contributed by atoms with E-state index in [0.29, 0.717) is 27.2 Å². The van der Waals surface area contributed by atoms with Gasteiger partial charge in [0.25, 0.3) is 0 Å². The van der Waals surface area contributed by atoms with Gasteiger partial charge in [-0.05, 0) is 42.8 Å². The van der Waals surface area contributed by atoms with Crippen LogP contribution in [-0.4, -0.2) is 21.0 Å². The summed E-state index contributed by atoms with van der Waals surface area (Å²) in [5.41, 5.74) is 1.40. The van der Waals surface area contributed by atoms with Crippen LogP contribution in [0.25, 0.3) is 11.4 Å². The fourth-order valence-electron chi connectivity index (χ4n) is 2.15. The topological polar surface area (TPSA) is 72.3 Å². The molecule has 0 aliphatic rings. The van der Waals surface area contributed by atoms with Crippen molar-refractivity contribution in [2.75, 3.05) is 0 Å². The Morgan fingerprint density at radius 1 is 1.12 bits per heavy atom. The Bertz CT molecular complexity index is 961. The van der Waals surface area contributed by atoms with E-state index >= 15 is 0 Å². The summed E-state index contributed by atoms with van der Waals surface area (Å²) < 4.78 is 5.63. The van der Waals surface area contributed by atoms with Gasteiger partial charge >= 0.3 is 5.97 Å². The maximum atomic E-state index is 11.4. The molecule has 1 aromatic heterocycles. The van der Waals surface area contributed by atoms with Crippen molar-refractivity contribution in [3.63, 3.8) is 0 Å². The first kappa shape index (κ1) is 17.2. The first-order chi connectivity index (χ1) is 12.0. The fourth-order valence-corrected chi connectivity index (χ4v) is 2.44. The lowest BCUT2D eigenvalue weighted by Gasteiger charge is -2.10. The lowest BCUT2D eigenvalue weighted by Crippen LogP contribution is -2.05. The average Bonchev–Trinajstić information content (AvgIpc) is 2.59. The quantitative estimate of drug-likeness (QED) is 0.674. The molecule has 0 amide bonds. The first-order valence-corrected chi connectivity index (χ1v) is 8.00.